The second-order valence-corrected chi connectivity index (χ2v) is 5.28. The Bertz CT molecular complexity index is 881. The number of rotatable bonds is 2. The Balaban J connectivity index is 2.36. The van der Waals surface area contributed by atoms with Crippen LogP contribution in [0.3, 0.4) is 0 Å². The molecule has 0 N–H and O–H groups in total. The molecule has 2 radical (unpaired) electrons. The molecule has 3 rings (SSSR count). The van der Waals surface area contributed by atoms with E-state index in [-0.39, 0.29) is 23.0 Å². The molecular weight excluding hydrogens is 323 g/mol. The summed E-state index contributed by atoms with van der Waals surface area (Å²) >= 11 is 6.14. The molecule has 3 aromatic rings. The minimum Gasteiger partial charge on any atom is -0.250 e. The fourth-order valence-corrected chi connectivity index (χ4v) is 2.58. The average molecular weight is 333 g/mol. The molecule has 0 spiro atoms. The molecule has 0 atom stereocenters. The van der Waals surface area contributed by atoms with Crippen molar-refractivity contribution in [3.63, 3.8) is 0 Å². The zero-order chi connectivity index (χ0) is 16.6. The molecular formula is C16H9BClF3N2. The molecule has 0 aliphatic carbocycles. The topological polar surface area (TPSA) is 25.8 Å². The number of halogens is 4. The van der Waals surface area contributed by atoms with Crippen LogP contribution >= 0.6 is 11.6 Å². The summed E-state index contributed by atoms with van der Waals surface area (Å²) in [6.07, 6.45) is -4.48. The number of benzene rings is 2. The quantitative estimate of drug-likeness (QED) is 0.639. The van der Waals surface area contributed by atoms with E-state index in [0.717, 1.165) is 6.07 Å². The highest BCUT2D eigenvalue weighted by Crippen LogP contribution is 2.36. The summed E-state index contributed by atoms with van der Waals surface area (Å²) in [6, 6.07) is 10.5. The van der Waals surface area contributed by atoms with Crippen molar-refractivity contribution < 1.29 is 13.2 Å². The summed E-state index contributed by atoms with van der Waals surface area (Å²) in [7, 11) is 5.69. The lowest BCUT2D eigenvalue weighted by Gasteiger charge is -2.13. The summed E-state index contributed by atoms with van der Waals surface area (Å²) in [4.78, 5) is 8.44. The SMILES string of the molecule is [B]Cc1nc2cccc(C(F)(F)F)c2nc1-c1ccccc1Cl. The van der Waals surface area contributed by atoms with E-state index in [1.54, 1.807) is 24.3 Å². The Morgan fingerprint density at radius 3 is 2.39 bits per heavy atom. The maximum atomic E-state index is 13.2. The van der Waals surface area contributed by atoms with Crippen LogP contribution in [0.25, 0.3) is 22.3 Å². The monoisotopic (exact) mass is 332 g/mol. The molecule has 0 bridgehead atoms. The van der Waals surface area contributed by atoms with Gasteiger partial charge in [0.1, 0.15) is 5.52 Å². The molecule has 0 saturated carbocycles. The Kier molecular flexibility index (Phi) is 4.02. The van der Waals surface area contributed by atoms with Gasteiger partial charge in [0.2, 0.25) is 0 Å². The van der Waals surface area contributed by atoms with Crippen molar-refractivity contribution in [2.45, 2.75) is 12.5 Å². The largest absolute Gasteiger partial charge is 0.418 e. The fourth-order valence-electron chi connectivity index (χ4n) is 2.35. The lowest BCUT2D eigenvalue weighted by atomic mass is 9.96. The van der Waals surface area contributed by atoms with Gasteiger partial charge in [0, 0.05) is 5.56 Å². The van der Waals surface area contributed by atoms with Crippen molar-refractivity contribution in [2.24, 2.45) is 0 Å². The lowest BCUT2D eigenvalue weighted by Crippen LogP contribution is -2.09. The molecule has 0 aliphatic rings. The van der Waals surface area contributed by atoms with E-state index >= 15 is 0 Å². The van der Waals surface area contributed by atoms with Crippen molar-refractivity contribution in [1.29, 1.82) is 0 Å². The first-order chi connectivity index (χ1) is 10.9. The van der Waals surface area contributed by atoms with Gasteiger partial charge in [-0.2, -0.15) is 13.2 Å². The normalized spacial score (nSPS) is 11.8. The van der Waals surface area contributed by atoms with Gasteiger partial charge in [-0.15, -0.1) is 0 Å². The van der Waals surface area contributed by atoms with Crippen LogP contribution in [0.4, 0.5) is 13.2 Å². The third-order valence-corrected chi connectivity index (χ3v) is 3.72. The number of fused-ring (bicyclic) bond motifs is 1. The predicted octanol–water partition coefficient (Wildman–Crippen LogP) is 4.64. The minimum absolute atomic E-state index is 0.0414. The van der Waals surface area contributed by atoms with Crippen LogP contribution in [0.2, 0.25) is 5.02 Å². The van der Waals surface area contributed by atoms with Crippen LogP contribution in [-0.4, -0.2) is 17.8 Å². The zero-order valence-corrected chi connectivity index (χ0v) is 12.5. The Morgan fingerprint density at radius 2 is 1.74 bits per heavy atom. The molecule has 2 aromatic carbocycles. The molecule has 0 aliphatic heterocycles. The third kappa shape index (κ3) is 2.91. The number of hydrogen-bond donors (Lipinski definition) is 0. The summed E-state index contributed by atoms with van der Waals surface area (Å²) in [5.41, 5.74) is 0.260. The van der Waals surface area contributed by atoms with Gasteiger partial charge in [0.25, 0.3) is 0 Å². The fraction of sp³-hybridized carbons (Fsp3) is 0.125. The third-order valence-electron chi connectivity index (χ3n) is 3.39. The van der Waals surface area contributed by atoms with E-state index in [4.69, 9.17) is 19.4 Å². The summed E-state index contributed by atoms with van der Waals surface area (Å²) < 4.78 is 39.6. The van der Waals surface area contributed by atoms with E-state index in [0.29, 0.717) is 16.3 Å². The van der Waals surface area contributed by atoms with Gasteiger partial charge >= 0.3 is 6.18 Å². The van der Waals surface area contributed by atoms with E-state index in [1.807, 2.05) is 0 Å². The van der Waals surface area contributed by atoms with Crippen LogP contribution in [0.5, 0.6) is 0 Å². The highest BCUT2D eigenvalue weighted by atomic mass is 35.5. The maximum absolute atomic E-state index is 13.2. The first kappa shape index (κ1) is 15.8. The second kappa shape index (κ2) is 5.85. The maximum Gasteiger partial charge on any atom is 0.418 e. The van der Waals surface area contributed by atoms with Gasteiger partial charge in [0.05, 0.1) is 35.3 Å². The van der Waals surface area contributed by atoms with Crippen LogP contribution in [0.1, 0.15) is 11.3 Å². The highest BCUT2D eigenvalue weighted by Gasteiger charge is 2.33. The minimum atomic E-state index is -4.52. The number of aromatic nitrogens is 2. The van der Waals surface area contributed by atoms with Gasteiger partial charge in [-0.1, -0.05) is 35.9 Å². The zero-order valence-electron chi connectivity index (χ0n) is 11.7. The standard InChI is InChI=1S/C16H9BClF3N2/c17-8-13-14(9-4-1-2-6-11(9)18)23-15-10(16(19,20)21)5-3-7-12(15)22-13/h1-7H,8H2. The van der Waals surface area contributed by atoms with Gasteiger partial charge < -0.3 is 0 Å². The number of hydrogen-bond acceptors (Lipinski definition) is 2. The Hall–Kier alpha value is -2.08. The first-order valence-corrected chi connectivity index (χ1v) is 7.11. The van der Waals surface area contributed by atoms with Crippen molar-refractivity contribution >= 4 is 30.5 Å². The van der Waals surface area contributed by atoms with Gasteiger partial charge in [-0.25, -0.2) is 9.97 Å². The van der Waals surface area contributed by atoms with Crippen LogP contribution in [0, 0.1) is 0 Å². The molecule has 1 aromatic heterocycles. The molecule has 23 heavy (non-hydrogen) atoms. The predicted molar refractivity (Wildman–Crippen MR) is 84.4 cm³/mol. The summed E-state index contributed by atoms with van der Waals surface area (Å²) in [6.45, 7) is 0. The smallest absolute Gasteiger partial charge is 0.250 e. The molecule has 0 amide bonds. The van der Waals surface area contributed by atoms with Crippen molar-refractivity contribution in [3.8, 4) is 11.3 Å². The van der Waals surface area contributed by atoms with Crippen LogP contribution in [0.15, 0.2) is 42.5 Å². The average Bonchev–Trinajstić information content (AvgIpc) is 2.52. The molecule has 0 saturated heterocycles. The molecule has 0 fully saturated rings. The summed E-state index contributed by atoms with van der Waals surface area (Å²) in [5.74, 6) is 0. The van der Waals surface area contributed by atoms with E-state index in [1.165, 1.54) is 12.1 Å². The first-order valence-electron chi connectivity index (χ1n) is 6.73. The molecule has 7 heteroatoms. The molecule has 114 valence electrons. The molecule has 0 unspecified atom stereocenters. The van der Waals surface area contributed by atoms with Gasteiger partial charge in [-0.3, -0.25) is 0 Å². The second-order valence-electron chi connectivity index (χ2n) is 4.87. The van der Waals surface area contributed by atoms with Crippen molar-refractivity contribution in [1.82, 2.24) is 9.97 Å². The lowest BCUT2D eigenvalue weighted by molar-refractivity contribution is -0.136. The molecule has 1 heterocycles. The van der Waals surface area contributed by atoms with E-state index in [9.17, 15) is 13.2 Å². The number of nitrogens with zero attached hydrogens (tertiary/aromatic N) is 2. The Morgan fingerprint density at radius 1 is 1.00 bits per heavy atom. The van der Waals surface area contributed by atoms with Crippen LogP contribution in [-0.2, 0) is 12.5 Å². The van der Waals surface area contributed by atoms with Gasteiger partial charge in [-0.05, 0) is 24.5 Å². The van der Waals surface area contributed by atoms with E-state index < -0.39 is 11.7 Å². The summed E-state index contributed by atoms with van der Waals surface area (Å²) in [5, 5.41) is 0.375. The number of para-hydroxylation sites is 1. The Labute approximate surface area is 136 Å². The van der Waals surface area contributed by atoms with Gasteiger partial charge in [0.15, 0.2) is 0 Å². The van der Waals surface area contributed by atoms with Crippen LogP contribution < -0.4 is 0 Å². The number of alkyl halides is 3. The van der Waals surface area contributed by atoms with E-state index in [2.05, 4.69) is 9.97 Å². The van der Waals surface area contributed by atoms with Crippen molar-refractivity contribution in [2.75, 3.05) is 0 Å². The van der Waals surface area contributed by atoms with Crippen molar-refractivity contribution in [3.05, 3.63) is 58.7 Å². The molecule has 2 nitrogen and oxygen atoms in total. The highest BCUT2D eigenvalue weighted by molar-refractivity contribution is 6.33.